The molecule has 8 nitrogen and oxygen atoms in total. The summed E-state index contributed by atoms with van der Waals surface area (Å²) in [5.74, 6) is -3.47. The maximum atomic E-state index is 13.7. The standard InChI is InChI=1S/C27H28Cl4N4O4/c1-26(2)11-15(12-27(3,4)33(26)13-14-8-6-5-7-9-14)34(17(37)10-16(32)36)35-24(38)18-19(25(35)39)21(29)23(31)22(30)20(18)28/h5-9,15H,10-13H2,1-4H3,(H2,32,36). The second-order valence-corrected chi connectivity index (χ2v) is 12.6. The summed E-state index contributed by atoms with van der Waals surface area (Å²) in [5.41, 5.74) is 4.99. The molecule has 2 heterocycles. The van der Waals surface area contributed by atoms with Crippen LogP contribution in [0.5, 0.6) is 0 Å². The van der Waals surface area contributed by atoms with Gasteiger partial charge < -0.3 is 5.73 Å². The third-order valence-electron chi connectivity index (χ3n) is 7.34. The monoisotopic (exact) mass is 612 g/mol. The molecule has 2 aromatic carbocycles. The molecule has 0 unspecified atom stereocenters. The number of primary amides is 1. The number of rotatable bonds is 6. The van der Waals surface area contributed by atoms with Crippen LogP contribution >= 0.6 is 46.4 Å². The summed E-state index contributed by atoms with van der Waals surface area (Å²) in [6.07, 6.45) is 0.0514. The van der Waals surface area contributed by atoms with Gasteiger partial charge in [0.25, 0.3) is 17.7 Å². The minimum Gasteiger partial charge on any atom is -0.369 e. The van der Waals surface area contributed by atoms with E-state index in [2.05, 4.69) is 4.90 Å². The zero-order valence-electron chi connectivity index (χ0n) is 21.9. The zero-order chi connectivity index (χ0) is 29.0. The van der Waals surface area contributed by atoms with Crippen LogP contribution in [0.15, 0.2) is 30.3 Å². The van der Waals surface area contributed by atoms with Gasteiger partial charge >= 0.3 is 0 Å². The van der Waals surface area contributed by atoms with E-state index in [1.165, 1.54) is 0 Å². The lowest BCUT2D eigenvalue weighted by molar-refractivity contribution is -0.157. The highest BCUT2D eigenvalue weighted by Gasteiger charge is 2.53. The molecule has 208 valence electrons. The largest absolute Gasteiger partial charge is 0.369 e. The summed E-state index contributed by atoms with van der Waals surface area (Å²) in [6.45, 7) is 8.80. The number of amides is 4. The normalized spacial score (nSPS) is 18.8. The highest BCUT2D eigenvalue weighted by Crippen LogP contribution is 2.47. The van der Waals surface area contributed by atoms with Crippen LogP contribution in [-0.4, -0.2) is 55.7 Å². The van der Waals surface area contributed by atoms with Crippen molar-refractivity contribution in [2.45, 2.75) is 70.6 Å². The summed E-state index contributed by atoms with van der Waals surface area (Å²) >= 11 is 25.0. The lowest BCUT2D eigenvalue weighted by atomic mass is 9.76. The van der Waals surface area contributed by atoms with Gasteiger partial charge in [0.2, 0.25) is 5.91 Å². The van der Waals surface area contributed by atoms with Crippen molar-refractivity contribution in [1.82, 2.24) is 14.9 Å². The number of carbonyl (C=O) groups excluding carboxylic acids is 4. The third kappa shape index (κ3) is 5.25. The molecule has 0 saturated carbocycles. The van der Waals surface area contributed by atoms with Crippen LogP contribution in [0.25, 0.3) is 0 Å². The number of hydrogen-bond donors (Lipinski definition) is 1. The topological polar surface area (TPSA) is 104 Å². The average molecular weight is 614 g/mol. The van der Waals surface area contributed by atoms with Crippen LogP contribution in [0.4, 0.5) is 0 Å². The van der Waals surface area contributed by atoms with Crippen LogP contribution in [0, 0.1) is 0 Å². The van der Waals surface area contributed by atoms with E-state index in [1.54, 1.807) is 0 Å². The van der Waals surface area contributed by atoms with E-state index in [0.717, 1.165) is 10.6 Å². The molecule has 4 rings (SSSR count). The van der Waals surface area contributed by atoms with E-state index in [4.69, 9.17) is 52.1 Å². The van der Waals surface area contributed by atoms with Gasteiger partial charge in [0, 0.05) is 17.6 Å². The molecule has 0 bridgehead atoms. The number of halogens is 4. The molecule has 0 atom stereocenters. The van der Waals surface area contributed by atoms with Gasteiger partial charge in [-0.3, -0.25) is 24.1 Å². The Kier molecular flexibility index (Phi) is 8.02. The van der Waals surface area contributed by atoms with Crippen LogP contribution < -0.4 is 5.73 Å². The van der Waals surface area contributed by atoms with Crippen LogP contribution in [0.3, 0.4) is 0 Å². The van der Waals surface area contributed by atoms with Crippen molar-refractivity contribution in [2.24, 2.45) is 5.73 Å². The molecule has 4 amide bonds. The number of fused-ring (bicyclic) bond motifs is 1. The number of nitrogens with two attached hydrogens (primary N) is 1. The van der Waals surface area contributed by atoms with Gasteiger partial charge in [0.1, 0.15) is 6.42 Å². The zero-order valence-corrected chi connectivity index (χ0v) is 24.9. The Balaban J connectivity index is 1.77. The number of carbonyl (C=O) groups is 4. The van der Waals surface area contributed by atoms with Crippen molar-refractivity contribution in [3.8, 4) is 0 Å². The lowest BCUT2D eigenvalue weighted by Crippen LogP contribution is -2.67. The first-order valence-corrected chi connectivity index (χ1v) is 13.8. The Morgan fingerprint density at radius 1 is 0.872 bits per heavy atom. The van der Waals surface area contributed by atoms with Crippen molar-refractivity contribution in [3.05, 3.63) is 67.1 Å². The Labute approximate surface area is 246 Å². The smallest absolute Gasteiger partial charge is 0.282 e. The molecule has 1 saturated heterocycles. The minimum absolute atomic E-state index is 0.184. The van der Waals surface area contributed by atoms with Crippen molar-refractivity contribution < 1.29 is 19.2 Å². The molecule has 0 aliphatic carbocycles. The minimum atomic E-state index is -0.899. The van der Waals surface area contributed by atoms with Gasteiger partial charge in [-0.2, -0.15) is 5.01 Å². The van der Waals surface area contributed by atoms with E-state index in [0.29, 0.717) is 24.4 Å². The molecule has 2 aliphatic rings. The van der Waals surface area contributed by atoms with E-state index < -0.39 is 47.2 Å². The first-order chi connectivity index (χ1) is 18.1. The number of benzene rings is 2. The fourth-order valence-electron chi connectivity index (χ4n) is 5.87. The molecular formula is C27H28Cl4N4O4. The van der Waals surface area contributed by atoms with Crippen molar-refractivity contribution in [2.75, 3.05) is 0 Å². The van der Waals surface area contributed by atoms with Gasteiger partial charge in [-0.05, 0) is 46.1 Å². The number of piperidine rings is 1. The molecule has 0 aromatic heterocycles. The quantitative estimate of drug-likeness (QED) is 0.194. The summed E-state index contributed by atoms with van der Waals surface area (Å²) < 4.78 is 0. The summed E-state index contributed by atoms with van der Waals surface area (Å²) in [6, 6.07) is 9.34. The second-order valence-electron chi connectivity index (χ2n) is 11.1. The molecule has 2 aliphatic heterocycles. The molecule has 12 heteroatoms. The lowest BCUT2D eigenvalue weighted by Gasteiger charge is -2.57. The number of likely N-dealkylation sites (tertiary alicyclic amines) is 1. The van der Waals surface area contributed by atoms with Crippen molar-refractivity contribution in [1.29, 1.82) is 0 Å². The Morgan fingerprint density at radius 3 is 1.77 bits per heavy atom. The summed E-state index contributed by atoms with van der Waals surface area (Å²) in [4.78, 5) is 55.0. The Morgan fingerprint density at radius 2 is 1.33 bits per heavy atom. The molecule has 2 aromatic rings. The first kappa shape index (κ1) is 29.6. The summed E-state index contributed by atoms with van der Waals surface area (Å²) in [7, 11) is 0. The predicted octanol–water partition coefficient (Wildman–Crippen LogP) is 5.74. The molecule has 1 fully saturated rings. The fraction of sp³-hybridized carbons (Fsp3) is 0.407. The summed E-state index contributed by atoms with van der Waals surface area (Å²) in [5, 5.41) is 0.885. The number of hydrogen-bond acceptors (Lipinski definition) is 5. The third-order valence-corrected chi connectivity index (χ3v) is 9.14. The second kappa shape index (κ2) is 10.6. The van der Waals surface area contributed by atoms with Gasteiger partial charge in [-0.1, -0.05) is 76.7 Å². The van der Waals surface area contributed by atoms with Gasteiger partial charge in [0.15, 0.2) is 0 Å². The Hall–Kier alpha value is -2.36. The van der Waals surface area contributed by atoms with Gasteiger partial charge in [0.05, 0.1) is 37.3 Å². The van der Waals surface area contributed by atoms with Gasteiger partial charge in [-0.25, -0.2) is 5.01 Å². The van der Waals surface area contributed by atoms with Crippen LogP contribution in [-0.2, 0) is 16.1 Å². The Bertz CT molecular complexity index is 1310. The number of hydrazine groups is 1. The first-order valence-electron chi connectivity index (χ1n) is 12.2. The van der Waals surface area contributed by atoms with E-state index in [9.17, 15) is 19.2 Å². The van der Waals surface area contributed by atoms with Crippen molar-refractivity contribution in [3.63, 3.8) is 0 Å². The van der Waals surface area contributed by atoms with Crippen LogP contribution in [0.1, 0.15) is 73.2 Å². The molecule has 0 spiro atoms. The SMILES string of the molecule is CC1(C)CC(N(C(=O)CC(N)=O)N2C(=O)c3c(Cl)c(Cl)c(Cl)c(Cl)c3C2=O)CC(C)(C)N1Cc1ccccc1. The number of nitrogens with zero attached hydrogens (tertiary/aromatic N) is 3. The van der Waals surface area contributed by atoms with E-state index in [-0.39, 0.29) is 31.2 Å². The predicted molar refractivity (Wildman–Crippen MR) is 151 cm³/mol. The number of imide groups is 1. The average Bonchev–Trinajstić information content (AvgIpc) is 3.09. The molecular weight excluding hydrogens is 586 g/mol. The van der Waals surface area contributed by atoms with Crippen LogP contribution in [0.2, 0.25) is 20.1 Å². The highest BCUT2D eigenvalue weighted by molar-refractivity contribution is 6.55. The molecule has 39 heavy (non-hydrogen) atoms. The molecule has 2 N–H and O–H groups in total. The van der Waals surface area contributed by atoms with Gasteiger partial charge in [-0.15, -0.1) is 0 Å². The van der Waals surface area contributed by atoms with E-state index in [1.807, 2.05) is 58.0 Å². The van der Waals surface area contributed by atoms with E-state index >= 15 is 0 Å². The molecule has 0 radical (unpaired) electrons. The van der Waals surface area contributed by atoms with Crippen molar-refractivity contribution >= 4 is 70.0 Å². The fourth-order valence-corrected chi connectivity index (χ4v) is 6.89. The highest BCUT2D eigenvalue weighted by atomic mass is 35.5. The maximum absolute atomic E-state index is 13.7. The maximum Gasteiger partial charge on any atom is 0.282 e.